The minimum atomic E-state index is -1.97. The predicted octanol–water partition coefficient (Wildman–Crippen LogP) is -8.73. The zero-order valence-electron chi connectivity index (χ0n) is 36.3. The number of amides is 9. The molecular formula is C36H58N10O20. The van der Waals surface area contributed by atoms with Gasteiger partial charge in [0, 0.05) is 6.42 Å². The van der Waals surface area contributed by atoms with Gasteiger partial charge in [0.1, 0.15) is 54.4 Å². The fourth-order valence-electron chi connectivity index (χ4n) is 5.11. The van der Waals surface area contributed by atoms with Crippen LogP contribution in [0.5, 0.6) is 0 Å². The Morgan fingerprint density at radius 1 is 0.394 bits per heavy atom. The van der Waals surface area contributed by atoms with Crippen LogP contribution in [0.3, 0.4) is 0 Å². The molecule has 0 aliphatic heterocycles. The van der Waals surface area contributed by atoms with Crippen LogP contribution in [-0.4, -0.2) is 193 Å². The summed E-state index contributed by atoms with van der Waals surface area (Å²) in [5, 5.41) is 84.8. The van der Waals surface area contributed by atoms with Gasteiger partial charge in [0.25, 0.3) is 0 Å². The van der Waals surface area contributed by atoms with Gasteiger partial charge in [-0.15, -0.1) is 0 Å². The summed E-state index contributed by atoms with van der Waals surface area (Å²) in [6.07, 6.45) is -3.62. The van der Waals surface area contributed by atoms with Crippen molar-refractivity contribution in [3.8, 4) is 0 Å². The smallest absolute Gasteiger partial charge is 0.325 e. The van der Waals surface area contributed by atoms with E-state index in [2.05, 4.69) is 31.9 Å². The third-order valence-corrected chi connectivity index (χ3v) is 8.89. The van der Waals surface area contributed by atoms with Crippen LogP contribution >= 0.6 is 0 Å². The van der Waals surface area contributed by atoms with Gasteiger partial charge in [-0.3, -0.25) is 62.3 Å². The fraction of sp³-hybridized carbons (Fsp3) is 0.639. The number of aliphatic hydroxyl groups excluding tert-OH is 3. The summed E-state index contributed by atoms with van der Waals surface area (Å²) in [4.78, 5) is 162. The number of nitrogens with one attached hydrogen (secondary N) is 9. The van der Waals surface area contributed by atoms with Crippen molar-refractivity contribution >= 4 is 77.0 Å². The standard InChI is InChI=1S/C36H58N10O20/c1-13(2)26(35(64)42-19(9-25(54)55)31(60)45-20(10-47)32(61)39-16(5)36(65)66)46-34(63)22(12-49)44-29(58)17(6-7-23(50)51)40-28(57)15(4)38-30(59)18(8-24(52)53)41-33(62)21(11-48)43-27(56)14(3)37/h13-22,26,47-49H,6-12,37H2,1-5H3,(H,38,59)(H,39,61)(H,40,57)(H,41,62)(H,42,64)(H,43,56)(H,44,58)(H,45,60)(H,46,63)(H,50,51)(H,52,53)(H,54,55)(H,65,66)/t14-,15-,16-,17-,18-,19-,20-,21-,22-,26-/m1/s1. The number of carbonyl (C=O) groups excluding carboxylic acids is 9. The number of nitrogens with two attached hydrogens (primary N) is 1. The second kappa shape index (κ2) is 28.7. The summed E-state index contributed by atoms with van der Waals surface area (Å²) in [6, 6.07) is -17.0. The first-order chi connectivity index (χ1) is 30.6. The lowest BCUT2D eigenvalue weighted by Gasteiger charge is -2.28. The van der Waals surface area contributed by atoms with Crippen LogP contribution < -0.4 is 53.6 Å². The summed E-state index contributed by atoms with van der Waals surface area (Å²) < 4.78 is 0. The summed E-state index contributed by atoms with van der Waals surface area (Å²) in [5.41, 5.74) is 5.42. The summed E-state index contributed by atoms with van der Waals surface area (Å²) >= 11 is 0. The second-order valence-corrected chi connectivity index (χ2v) is 14.9. The molecule has 66 heavy (non-hydrogen) atoms. The van der Waals surface area contributed by atoms with Gasteiger partial charge in [-0.2, -0.15) is 0 Å². The number of carboxylic acid groups (broad SMARTS) is 4. The number of carboxylic acids is 4. The molecule has 0 saturated heterocycles. The summed E-state index contributed by atoms with van der Waals surface area (Å²) in [5.74, 6) is -17.9. The number of aliphatic carboxylic acids is 4. The molecule has 0 aliphatic carbocycles. The lowest BCUT2D eigenvalue weighted by molar-refractivity contribution is -0.143. The largest absolute Gasteiger partial charge is 0.481 e. The number of aliphatic hydroxyl groups is 3. The maximum absolute atomic E-state index is 13.4. The van der Waals surface area contributed by atoms with Gasteiger partial charge < -0.3 is 89.3 Å². The van der Waals surface area contributed by atoms with E-state index in [1.54, 1.807) is 0 Å². The van der Waals surface area contributed by atoms with E-state index in [-0.39, 0.29) is 0 Å². The first kappa shape index (κ1) is 58.9. The highest BCUT2D eigenvalue weighted by atomic mass is 16.4. The van der Waals surface area contributed by atoms with Crippen molar-refractivity contribution in [1.29, 1.82) is 0 Å². The zero-order valence-corrected chi connectivity index (χ0v) is 36.3. The van der Waals surface area contributed by atoms with Crippen LogP contribution in [0.25, 0.3) is 0 Å². The number of carbonyl (C=O) groups is 13. The van der Waals surface area contributed by atoms with Crippen LogP contribution in [-0.2, 0) is 62.3 Å². The highest BCUT2D eigenvalue weighted by molar-refractivity contribution is 5.99. The Morgan fingerprint density at radius 3 is 1.12 bits per heavy atom. The van der Waals surface area contributed by atoms with Crippen molar-refractivity contribution < 1.29 is 98.1 Å². The van der Waals surface area contributed by atoms with Crippen molar-refractivity contribution in [2.75, 3.05) is 19.8 Å². The Morgan fingerprint density at radius 2 is 0.727 bits per heavy atom. The van der Waals surface area contributed by atoms with Crippen molar-refractivity contribution in [3.05, 3.63) is 0 Å². The Hall–Kier alpha value is -7.05. The van der Waals surface area contributed by atoms with E-state index < -0.39 is 189 Å². The van der Waals surface area contributed by atoms with Gasteiger partial charge >= 0.3 is 23.9 Å². The van der Waals surface area contributed by atoms with Crippen molar-refractivity contribution in [1.82, 2.24) is 47.9 Å². The van der Waals surface area contributed by atoms with Crippen molar-refractivity contribution in [3.63, 3.8) is 0 Å². The van der Waals surface area contributed by atoms with Gasteiger partial charge in [-0.1, -0.05) is 13.8 Å². The maximum Gasteiger partial charge on any atom is 0.325 e. The molecule has 0 spiro atoms. The molecule has 0 rings (SSSR count). The molecule has 30 nitrogen and oxygen atoms in total. The molecule has 0 aliphatic rings. The van der Waals surface area contributed by atoms with Crippen LogP contribution in [0, 0.1) is 5.92 Å². The first-order valence-electron chi connectivity index (χ1n) is 19.8. The molecule has 0 heterocycles. The highest BCUT2D eigenvalue weighted by Crippen LogP contribution is 2.07. The quantitative estimate of drug-likeness (QED) is 0.0318. The molecule has 0 bridgehead atoms. The van der Waals surface area contributed by atoms with E-state index in [1.807, 2.05) is 16.0 Å². The molecule has 10 atom stereocenters. The van der Waals surface area contributed by atoms with Crippen LogP contribution in [0.4, 0.5) is 0 Å². The lowest BCUT2D eigenvalue weighted by Crippen LogP contribution is -2.62. The number of hydrogen-bond donors (Lipinski definition) is 17. The lowest BCUT2D eigenvalue weighted by atomic mass is 10.0. The summed E-state index contributed by atoms with van der Waals surface area (Å²) in [6.45, 7) is 2.85. The summed E-state index contributed by atoms with van der Waals surface area (Å²) in [7, 11) is 0. The normalized spacial score (nSPS) is 15.4. The van der Waals surface area contributed by atoms with Crippen LogP contribution in [0.15, 0.2) is 0 Å². The van der Waals surface area contributed by atoms with Gasteiger partial charge in [0.15, 0.2) is 0 Å². The minimum absolute atomic E-state index is 0.665. The average Bonchev–Trinajstić information content (AvgIpc) is 3.22. The molecule has 9 amide bonds. The minimum Gasteiger partial charge on any atom is -0.481 e. The Bertz CT molecular complexity index is 1810. The molecule has 0 aromatic rings. The Kier molecular flexibility index (Phi) is 25.6. The van der Waals surface area contributed by atoms with Gasteiger partial charge in [-0.05, 0) is 33.1 Å². The fourth-order valence-corrected chi connectivity index (χ4v) is 5.11. The second-order valence-electron chi connectivity index (χ2n) is 14.9. The van der Waals surface area contributed by atoms with E-state index in [0.29, 0.717) is 0 Å². The van der Waals surface area contributed by atoms with Crippen LogP contribution in [0.1, 0.15) is 60.3 Å². The molecule has 0 saturated carbocycles. The van der Waals surface area contributed by atoms with E-state index >= 15 is 0 Å². The molecule has 18 N–H and O–H groups in total. The van der Waals surface area contributed by atoms with Gasteiger partial charge in [0.2, 0.25) is 53.2 Å². The average molecular weight is 951 g/mol. The van der Waals surface area contributed by atoms with Gasteiger partial charge in [-0.25, -0.2) is 0 Å². The third kappa shape index (κ3) is 21.1. The molecule has 0 aromatic carbocycles. The maximum atomic E-state index is 13.4. The van der Waals surface area contributed by atoms with E-state index in [0.717, 1.165) is 13.8 Å². The number of rotatable bonds is 30. The first-order valence-corrected chi connectivity index (χ1v) is 19.8. The number of hydrogen-bond acceptors (Lipinski definition) is 17. The Labute approximate surface area is 374 Å². The zero-order chi connectivity index (χ0) is 51.2. The van der Waals surface area contributed by atoms with Gasteiger partial charge in [0.05, 0.1) is 38.7 Å². The molecule has 0 unspecified atom stereocenters. The van der Waals surface area contributed by atoms with Crippen molar-refractivity contribution in [2.24, 2.45) is 11.7 Å². The topological polar surface area (TPSA) is 498 Å². The van der Waals surface area contributed by atoms with Crippen LogP contribution in [0.2, 0.25) is 0 Å². The molecular weight excluding hydrogens is 892 g/mol. The van der Waals surface area contributed by atoms with E-state index in [1.165, 1.54) is 20.8 Å². The third-order valence-electron chi connectivity index (χ3n) is 8.89. The molecule has 30 heteroatoms. The monoisotopic (exact) mass is 950 g/mol. The predicted molar refractivity (Wildman–Crippen MR) is 217 cm³/mol. The molecule has 372 valence electrons. The van der Waals surface area contributed by atoms with Crippen molar-refractivity contribution in [2.45, 2.75) is 121 Å². The molecule has 0 radical (unpaired) electrons. The highest BCUT2D eigenvalue weighted by Gasteiger charge is 2.36. The Balaban J connectivity index is 6.13. The van der Waals surface area contributed by atoms with E-state index in [9.17, 15) is 93.0 Å². The SMILES string of the molecule is CC(C)[C@@H](NC(=O)[C@@H](CO)NC(=O)[C@@H](CCC(=O)O)NC(=O)[C@@H](C)NC(=O)[C@@H](CC(=O)O)NC(=O)[C@@H](CO)NC(=O)[C@@H](C)N)C(=O)N[C@H](CC(=O)O)C(=O)N[C@H](CO)C(=O)N[C@H](C)C(=O)O. The van der Waals surface area contributed by atoms with E-state index in [4.69, 9.17) is 10.8 Å². The molecule has 0 fully saturated rings. The molecule has 0 aromatic heterocycles.